The largest absolute Gasteiger partial charge is 0.467 e. The zero-order valence-electron chi connectivity index (χ0n) is 11.4. The summed E-state index contributed by atoms with van der Waals surface area (Å²) in [6.07, 6.45) is 3.76. The van der Waals surface area contributed by atoms with E-state index in [0.717, 1.165) is 19.4 Å². The molecule has 1 amide bonds. The Bertz CT molecular complexity index is 523. The number of rotatable bonds is 7. The maximum absolute atomic E-state index is 11.8. The SMILES string of the molecule is CCCCNc1ccc(C(=O)NCc2ccco2)nn1. The maximum atomic E-state index is 11.8. The fraction of sp³-hybridized carbons (Fsp3) is 0.357. The van der Waals surface area contributed by atoms with Gasteiger partial charge in [-0.3, -0.25) is 4.79 Å². The Kier molecular flexibility index (Phi) is 5.11. The Morgan fingerprint density at radius 2 is 2.20 bits per heavy atom. The molecule has 2 heterocycles. The van der Waals surface area contributed by atoms with E-state index in [1.54, 1.807) is 30.5 Å². The van der Waals surface area contributed by atoms with Crippen LogP contribution in [0.3, 0.4) is 0 Å². The molecule has 0 aromatic carbocycles. The van der Waals surface area contributed by atoms with E-state index in [9.17, 15) is 4.79 Å². The molecule has 2 aromatic rings. The van der Waals surface area contributed by atoms with E-state index in [-0.39, 0.29) is 11.6 Å². The maximum Gasteiger partial charge on any atom is 0.272 e. The van der Waals surface area contributed by atoms with E-state index in [0.29, 0.717) is 18.1 Å². The van der Waals surface area contributed by atoms with E-state index in [4.69, 9.17) is 4.42 Å². The Balaban J connectivity index is 1.84. The highest BCUT2D eigenvalue weighted by atomic mass is 16.3. The Labute approximate surface area is 117 Å². The molecule has 2 aromatic heterocycles. The molecule has 2 N–H and O–H groups in total. The fourth-order valence-corrected chi connectivity index (χ4v) is 1.61. The van der Waals surface area contributed by atoms with Crippen LogP contribution >= 0.6 is 0 Å². The van der Waals surface area contributed by atoms with Crippen molar-refractivity contribution in [2.45, 2.75) is 26.3 Å². The number of furan rings is 1. The van der Waals surface area contributed by atoms with Crippen LogP contribution in [0.15, 0.2) is 34.9 Å². The Morgan fingerprint density at radius 1 is 1.30 bits per heavy atom. The molecule has 0 radical (unpaired) electrons. The molecule has 0 fully saturated rings. The van der Waals surface area contributed by atoms with Gasteiger partial charge in [-0.15, -0.1) is 10.2 Å². The van der Waals surface area contributed by atoms with Crippen molar-refractivity contribution >= 4 is 11.7 Å². The summed E-state index contributed by atoms with van der Waals surface area (Å²) < 4.78 is 5.13. The van der Waals surface area contributed by atoms with Crippen LogP contribution in [0.5, 0.6) is 0 Å². The number of hydrogen-bond donors (Lipinski definition) is 2. The second-order valence-corrected chi connectivity index (χ2v) is 4.35. The standard InChI is InChI=1S/C14H18N4O2/c1-2-3-8-15-13-7-6-12(17-18-13)14(19)16-10-11-5-4-9-20-11/h4-7,9H,2-3,8,10H2,1H3,(H,15,18)(H,16,19). The molecule has 0 saturated heterocycles. The van der Waals surface area contributed by atoms with Crippen molar-refractivity contribution in [3.63, 3.8) is 0 Å². The molecule has 6 heteroatoms. The van der Waals surface area contributed by atoms with Crippen LogP contribution in [0.25, 0.3) is 0 Å². The van der Waals surface area contributed by atoms with Gasteiger partial charge in [-0.05, 0) is 30.7 Å². The molecule has 0 unspecified atom stereocenters. The van der Waals surface area contributed by atoms with Crippen LogP contribution in [0.4, 0.5) is 5.82 Å². The van der Waals surface area contributed by atoms with E-state index in [1.807, 2.05) is 0 Å². The van der Waals surface area contributed by atoms with Gasteiger partial charge in [0.25, 0.3) is 5.91 Å². The minimum atomic E-state index is -0.269. The number of nitrogens with one attached hydrogen (secondary N) is 2. The Morgan fingerprint density at radius 3 is 2.85 bits per heavy atom. The zero-order valence-corrected chi connectivity index (χ0v) is 11.4. The molecule has 0 bridgehead atoms. The number of carbonyl (C=O) groups is 1. The van der Waals surface area contributed by atoms with Gasteiger partial charge in [-0.25, -0.2) is 0 Å². The van der Waals surface area contributed by atoms with Crippen LogP contribution < -0.4 is 10.6 Å². The van der Waals surface area contributed by atoms with Gasteiger partial charge in [0, 0.05) is 6.54 Å². The van der Waals surface area contributed by atoms with E-state index >= 15 is 0 Å². The van der Waals surface area contributed by atoms with Crippen LogP contribution in [0.2, 0.25) is 0 Å². The minimum absolute atomic E-state index is 0.269. The first-order valence-corrected chi connectivity index (χ1v) is 6.67. The molecule has 0 spiro atoms. The van der Waals surface area contributed by atoms with Crippen molar-refractivity contribution in [1.82, 2.24) is 15.5 Å². The van der Waals surface area contributed by atoms with Crippen molar-refractivity contribution in [3.05, 3.63) is 42.0 Å². The summed E-state index contributed by atoms with van der Waals surface area (Å²) in [7, 11) is 0. The molecular formula is C14H18N4O2. The quantitative estimate of drug-likeness (QED) is 0.757. The first kappa shape index (κ1) is 14.0. The summed E-state index contributed by atoms with van der Waals surface area (Å²) in [6.45, 7) is 3.32. The predicted octanol–water partition coefficient (Wildman–Crippen LogP) is 2.21. The summed E-state index contributed by atoms with van der Waals surface area (Å²) in [6, 6.07) is 6.98. The molecule has 6 nitrogen and oxygen atoms in total. The molecule has 0 aliphatic heterocycles. The molecule has 20 heavy (non-hydrogen) atoms. The average molecular weight is 274 g/mol. The minimum Gasteiger partial charge on any atom is -0.467 e. The highest BCUT2D eigenvalue weighted by Gasteiger charge is 2.08. The molecular weight excluding hydrogens is 256 g/mol. The van der Waals surface area contributed by atoms with Crippen molar-refractivity contribution < 1.29 is 9.21 Å². The predicted molar refractivity (Wildman–Crippen MR) is 75.3 cm³/mol. The van der Waals surface area contributed by atoms with Crippen LogP contribution in [0, 0.1) is 0 Å². The van der Waals surface area contributed by atoms with Gasteiger partial charge in [-0.1, -0.05) is 13.3 Å². The molecule has 106 valence electrons. The normalized spacial score (nSPS) is 10.2. The number of anilines is 1. The van der Waals surface area contributed by atoms with Crippen molar-refractivity contribution in [2.75, 3.05) is 11.9 Å². The van der Waals surface area contributed by atoms with Gasteiger partial charge in [0.1, 0.15) is 11.6 Å². The van der Waals surface area contributed by atoms with E-state index < -0.39 is 0 Å². The van der Waals surface area contributed by atoms with Crippen molar-refractivity contribution in [1.29, 1.82) is 0 Å². The second kappa shape index (κ2) is 7.28. The summed E-state index contributed by atoms with van der Waals surface area (Å²) in [5, 5.41) is 13.7. The number of hydrogen-bond acceptors (Lipinski definition) is 5. The van der Waals surface area contributed by atoms with Gasteiger partial charge in [-0.2, -0.15) is 0 Å². The smallest absolute Gasteiger partial charge is 0.272 e. The molecule has 0 aliphatic rings. The summed E-state index contributed by atoms with van der Waals surface area (Å²) in [5.74, 6) is 1.11. The average Bonchev–Trinajstić information content (AvgIpc) is 2.99. The third-order valence-corrected chi connectivity index (χ3v) is 2.74. The lowest BCUT2D eigenvalue weighted by molar-refractivity contribution is 0.0942. The monoisotopic (exact) mass is 274 g/mol. The molecule has 0 atom stereocenters. The lowest BCUT2D eigenvalue weighted by Gasteiger charge is -2.05. The number of amides is 1. The number of unbranched alkanes of at least 4 members (excludes halogenated alkanes) is 1. The van der Waals surface area contributed by atoms with E-state index in [2.05, 4.69) is 27.8 Å². The third kappa shape index (κ3) is 4.08. The molecule has 0 aliphatic carbocycles. The highest BCUT2D eigenvalue weighted by Crippen LogP contribution is 2.04. The number of aromatic nitrogens is 2. The molecule has 0 saturated carbocycles. The fourth-order valence-electron chi connectivity index (χ4n) is 1.61. The van der Waals surface area contributed by atoms with Gasteiger partial charge in [0.05, 0.1) is 12.8 Å². The topological polar surface area (TPSA) is 80.0 Å². The lowest BCUT2D eigenvalue weighted by Crippen LogP contribution is -2.24. The third-order valence-electron chi connectivity index (χ3n) is 2.74. The van der Waals surface area contributed by atoms with Gasteiger partial charge in [0.15, 0.2) is 5.69 Å². The Hall–Kier alpha value is -2.37. The van der Waals surface area contributed by atoms with Crippen molar-refractivity contribution in [2.24, 2.45) is 0 Å². The van der Waals surface area contributed by atoms with Crippen molar-refractivity contribution in [3.8, 4) is 0 Å². The first-order chi connectivity index (χ1) is 9.79. The van der Waals surface area contributed by atoms with Gasteiger partial charge < -0.3 is 15.1 Å². The lowest BCUT2D eigenvalue weighted by atomic mass is 10.3. The highest BCUT2D eigenvalue weighted by molar-refractivity contribution is 5.92. The second-order valence-electron chi connectivity index (χ2n) is 4.35. The van der Waals surface area contributed by atoms with Crippen LogP contribution in [0.1, 0.15) is 36.0 Å². The first-order valence-electron chi connectivity index (χ1n) is 6.67. The number of nitrogens with zero attached hydrogens (tertiary/aromatic N) is 2. The van der Waals surface area contributed by atoms with Crippen LogP contribution in [-0.2, 0) is 6.54 Å². The zero-order chi connectivity index (χ0) is 14.2. The summed E-state index contributed by atoms with van der Waals surface area (Å²) in [4.78, 5) is 11.8. The number of carbonyl (C=O) groups excluding carboxylic acids is 1. The molecule has 2 rings (SSSR count). The van der Waals surface area contributed by atoms with Gasteiger partial charge in [0.2, 0.25) is 0 Å². The van der Waals surface area contributed by atoms with E-state index in [1.165, 1.54) is 0 Å². The van der Waals surface area contributed by atoms with Crippen LogP contribution in [-0.4, -0.2) is 22.6 Å². The summed E-state index contributed by atoms with van der Waals surface area (Å²) in [5.41, 5.74) is 0.289. The summed E-state index contributed by atoms with van der Waals surface area (Å²) >= 11 is 0. The van der Waals surface area contributed by atoms with Gasteiger partial charge >= 0.3 is 0 Å².